The van der Waals surface area contributed by atoms with Gasteiger partial charge in [-0.25, -0.2) is 0 Å². The smallest absolute Gasteiger partial charge is 0.0623 e. The van der Waals surface area contributed by atoms with Crippen LogP contribution in [-0.2, 0) is 4.74 Å². The summed E-state index contributed by atoms with van der Waals surface area (Å²) < 4.78 is 5.50. The van der Waals surface area contributed by atoms with Gasteiger partial charge in [0.1, 0.15) is 0 Å². The Balaban J connectivity index is 3.86. The quantitative estimate of drug-likeness (QED) is 0.614. The summed E-state index contributed by atoms with van der Waals surface area (Å²) >= 11 is 0. The first kappa shape index (κ1) is 15.8. The zero-order chi connectivity index (χ0) is 12.6. The van der Waals surface area contributed by atoms with Gasteiger partial charge in [0.2, 0.25) is 0 Å². The van der Waals surface area contributed by atoms with Crippen molar-refractivity contribution in [3.05, 3.63) is 0 Å². The van der Waals surface area contributed by atoms with E-state index in [4.69, 9.17) is 4.74 Å². The van der Waals surface area contributed by atoms with Crippen LogP contribution in [0.2, 0.25) is 0 Å². The van der Waals surface area contributed by atoms with E-state index in [1.807, 2.05) is 20.8 Å². The third-order valence-corrected chi connectivity index (χ3v) is 2.50. The molecule has 0 aliphatic rings. The maximum Gasteiger partial charge on any atom is 0.0623 e. The summed E-state index contributed by atoms with van der Waals surface area (Å²) in [6.07, 6.45) is 0.284. The number of ether oxygens (including phenoxy) is 1. The van der Waals surface area contributed by atoms with Crippen molar-refractivity contribution in [2.75, 3.05) is 39.9 Å². The Morgan fingerprint density at radius 2 is 2.06 bits per heavy atom. The predicted octanol–water partition coefficient (Wildman–Crippen LogP) is 0.704. The van der Waals surface area contributed by atoms with E-state index in [1.54, 1.807) is 0 Å². The highest BCUT2D eigenvalue weighted by atomic mass is 16.5. The minimum atomic E-state index is -0.221. The lowest BCUT2D eigenvalue weighted by Gasteiger charge is -2.33. The van der Waals surface area contributed by atoms with Crippen molar-refractivity contribution in [2.24, 2.45) is 0 Å². The first-order valence-electron chi connectivity index (χ1n) is 6.09. The molecule has 1 atom stereocenters. The number of rotatable bonds is 9. The van der Waals surface area contributed by atoms with Gasteiger partial charge in [-0.1, -0.05) is 6.92 Å². The Morgan fingerprint density at radius 1 is 1.44 bits per heavy atom. The van der Waals surface area contributed by atoms with Gasteiger partial charge in [0.15, 0.2) is 0 Å². The highest BCUT2D eigenvalue weighted by Crippen LogP contribution is 2.04. The second-order valence-electron chi connectivity index (χ2n) is 4.91. The van der Waals surface area contributed by atoms with Crippen LogP contribution in [0.4, 0.5) is 0 Å². The maximum absolute atomic E-state index is 9.36. The molecule has 4 heteroatoms. The largest absolute Gasteiger partial charge is 0.394 e. The molecular weight excluding hydrogens is 204 g/mol. The fraction of sp³-hybridized carbons (Fsp3) is 1.00. The van der Waals surface area contributed by atoms with E-state index in [0.717, 1.165) is 26.2 Å². The van der Waals surface area contributed by atoms with Gasteiger partial charge in [0, 0.05) is 13.1 Å². The molecule has 0 aromatic rings. The second kappa shape index (κ2) is 8.01. The Labute approximate surface area is 100.0 Å². The molecule has 1 unspecified atom stereocenters. The molecule has 0 aromatic carbocycles. The van der Waals surface area contributed by atoms with Crippen LogP contribution in [0.25, 0.3) is 0 Å². The number of aliphatic hydroxyl groups excluding tert-OH is 1. The summed E-state index contributed by atoms with van der Waals surface area (Å²) in [5, 5.41) is 12.7. The van der Waals surface area contributed by atoms with Crippen molar-refractivity contribution in [1.82, 2.24) is 10.2 Å². The van der Waals surface area contributed by atoms with Crippen LogP contribution in [0, 0.1) is 0 Å². The van der Waals surface area contributed by atoms with Crippen molar-refractivity contribution in [3.63, 3.8) is 0 Å². The first-order chi connectivity index (χ1) is 7.43. The molecule has 0 amide bonds. The van der Waals surface area contributed by atoms with E-state index in [9.17, 15) is 5.11 Å². The predicted molar refractivity (Wildman–Crippen MR) is 67.8 cm³/mol. The Kier molecular flexibility index (Phi) is 7.93. The molecule has 0 saturated carbocycles. The van der Waals surface area contributed by atoms with E-state index >= 15 is 0 Å². The summed E-state index contributed by atoms with van der Waals surface area (Å²) in [6, 6.07) is 0. The molecule has 0 aliphatic carbocycles. The number of likely N-dealkylation sites (N-methyl/N-ethyl adjacent to an activating group) is 2. The zero-order valence-corrected chi connectivity index (χ0v) is 11.4. The zero-order valence-electron chi connectivity index (χ0n) is 11.4. The Morgan fingerprint density at radius 3 is 2.50 bits per heavy atom. The highest BCUT2D eigenvalue weighted by molar-refractivity contribution is 4.84. The van der Waals surface area contributed by atoms with E-state index in [2.05, 4.69) is 24.2 Å². The van der Waals surface area contributed by atoms with Crippen molar-refractivity contribution >= 4 is 0 Å². The summed E-state index contributed by atoms with van der Waals surface area (Å²) in [4.78, 5) is 2.18. The summed E-state index contributed by atoms with van der Waals surface area (Å²) in [6.45, 7) is 11.6. The average Bonchev–Trinajstić information content (AvgIpc) is 2.17. The van der Waals surface area contributed by atoms with Crippen LogP contribution in [0.5, 0.6) is 0 Å². The standard InChI is InChI=1S/C12H28N2O2/c1-6-13-12(4,10-15)9-14(5)7-8-16-11(2)3/h11,13,15H,6-10H2,1-5H3. The van der Waals surface area contributed by atoms with Gasteiger partial charge in [0.05, 0.1) is 24.9 Å². The molecule has 0 spiro atoms. The molecule has 0 radical (unpaired) electrons. The molecule has 0 bridgehead atoms. The monoisotopic (exact) mass is 232 g/mol. The molecule has 98 valence electrons. The normalized spacial score (nSPS) is 15.8. The van der Waals surface area contributed by atoms with Crippen molar-refractivity contribution in [3.8, 4) is 0 Å². The van der Waals surface area contributed by atoms with Crippen LogP contribution >= 0.6 is 0 Å². The molecule has 0 heterocycles. The maximum atomic E-state index is 9.36. The third-order valence-electron chi connectivity index (χ3n) is 2.50. The fourth-order valence-electron chi connectivity index (χ4n) is 1.71. The molecule has 0 aromatic heterocycles. The molecular formula is C12H28N2O2. The molecule has 0 rings (SSSR count). The second-order valence-corrected chi connectivity index (χ2v) is 4.91. The summed E-state index contributed by atoms with van der Waals surface area (Å²) in [5.74, 6) is 0. The molecule has 16 heavy (non-hydrogen) atoms. The molecule has 0 aliphatic heterocycles. The summed E-state index contributed by atoms with van der Waals surface area (Å²) in [5.41, 5.74) is -0.221. The van der Waals surface area contributed by atoms with Gasteiger partial charge >= 0.3 is 0 Å². The number of nitrogens with one attached hydrogen (secondary N) is 1. The van der Waals surface area contributed by atoms with E-state index in [0.29, 0.717) is 0 Å². The van der Waals surface area contributed by atoms with E-state index in [1.165, 1.54) is 0 Å². The van der Waals surface area contributed by atoms with Crippen LogP contribution < -0.4 is 5.32 Å². The van der Waals surface area contributed by atoms with Gasteiger partial charge in [-0.3, -0.25) is 0 Å². The van der Waals surface area contributed by atoms with E-state index < -0.39 is 0 Å². The van der Waals surface area contributed by atoms with Crippen molar-refractivity contribution in [1.29, 1.82) is 0 Å². The lowest BCUT2D eigenvalue weighted by atomic mass is 10.0. The SMILES string of the molecule is CCNC(C)(CO)CN(C)CCOC(C)C. The van der Waals surface area contributed by atoms with Crippen LogP contribution in [0.3, 0.4) is 0 Å². The van der Waals surface area contributed by atoms with Crippen LogP contribution in [-0.4, -0.2) is 61.5 Å². The van der Waals surface area contributed by atoms with Gasteiger partial charge in [-0.2, -0.15) is 0 Å². The van der Waals surface area contributed by atoms with Gasteiger partial charge in [-0.15, -0.1) is 0 Å². The first-order valence-corrected chi connectivity index (χ1v) is 6.09. The molecule has 4 nitrogen and oxygen atoms in total. The number of hydrogen-bond donors (Lipinski definition) is 2. The number of aliphatic hydroxyl groups is 1. The molecule has 0 saturated heterocycles. The minimum absolute atomic E-state index is 0.149. The Hall–Kier alpha value is -0.160. The van der Waals surface area contributed by atoms with Gasteiger partial charge in [-0.05, 0) is 34.4 Å². The summed E-state index contributed by atoms with van der Waals surface area (Å²) in [7, 11) is 2.05. The lowest BCUT2D eigenvalue weighted by molar-refractivity contribution is 0.0539. The van der Waals surface area contributed by atoms with Gasteiger partial charge in [0.25, 0.3) is 0 Å². The van der Waals surface area contributed by atoms with E-state index in [-0.39, 0.29) is 18.2 Å². The fourth-order valence-corrected chi connectivity index (χ4v) is 1.71. The number of hydrogen-bond acceptors (Lipinski definition) is 4. The Bertz CT molecular complexity index is 176. The van der Waals surface area contributed by atoms with Crippen molar-refractivity contribution in [2.45, 2.75) is 39.3 Å². The lowest BCUT2D eigenvalue weighted by Crippen LogP contribution is -2.53. The van der Waals surface area contributed by atoms with Crippen LogP contribution in [0.15, 0.2) is 0 Å². The van der Waals surface area contributed by atoms with Crippen LogP contribution in [0.1, 0.15) is 27.7 Å². The topological polar surface area (TPSA) is 44.7 Å². The van der Waals surface area contributed by atoms with Crippen molar-refractivity contribution < 1.29 is 9.84 Å². The number of nitrogens with zero attached hydrogens (tertiary/aromatic N) is 1. The minimum Gasteiger partial charge on any atom is -0.394 e. The molecule has 2 N–H and O–H groups in total. The third kappa shape index (κ3) is 7.17. The average molecular weight is 232 g/mol. The van der Waals surface area contributed by atoms with Gasteiger partial charge < -0.3 is 20.1 Å². The highest BCUT2D eigenvalue weighted by Gasteiger charge is 2.23. The molecule has 0 fully saturated rings.